The predicted octanol–water partition coefficient (Wildman–Crippen LogP) is 6.42. The van der Waals surface area contributed by atoms with Crippen LogP contribution in [0.1, 0.15) is 63.5 Å². The van der Waals surface area contributed by atoms with Gasteiger partial charge in [-0.1, -0.05) is 51.1 Å². The summed E-state index contributed by atoms with van der Waals surface area (Å²) < 4.78 is 5.51. The van der Waals surface area contributed by atoms with Crippen LogP contribution in [-0.2, 0) is 0 Å². The van der Waals surface area contributed by atoms with Gasteiger partial charge in [-0.05, 0) is 54.5 Å². The van der Waals surface area contributed by atoms with E-state index < -0.39 is 0 Å². The van der Waals surface area contributed by atoms with Gasteiger partial charge in [-0.15, -0.1) is 0 Å². The van der Waals surface area contributed by atoms with Gasteiger partial charge in [0.25, 0.3) is 0 Å². The van der Waals surface area contributed by atoms with Crippen molar-refractivity contribution in [3.63, 3.8) is 0 Å². The summed E-state index contributed by atoms with van der Waals surface area (Å²) in [6.45, 7) is 6.90. The van der Waals surface area contributed by atoms with Crippen molar-refractivity contribution < 1.29 is 4.74 Å². The van der Waals surface area contributed by atoms with E-state index in [1.807, 2.05) is 12.3 Å². The minimum atomic E-state index is 0.140. The van der Waals surface area contributed by atoms with Crippen LogP contribution >= 0.6 is 0 Å². The van der Waals surface area contributed by atoms with Crippen LogP contribution in [0, 0.1) is 11.8 Å². The van der Waals surface area contributed by atoms with Crippen molar-refractivity contribution >= 4 is 16.6 Å². The Hall–Kier alpha value is -2.62. The Morgan fingerprint density at radius 2 is 1.63 bits per heavy atom. The number of methoxy groups -OCH3 is 1. The van der Waals surface area contributed by atoms with Gasteiger partial charge < -0.3 is 10.1 Å². The molecule has 0 aliphatic heterocycles. The third-order valence-electron chi connectivity index (χ3n) is 6.81. The molecule has 1 saturated carbocycles. The van der Waals surface area contributed by atoms with Crippen LogP contribution in [0.2, 0.25) is 0 Å². The van der Waals surface area contributed by atoms with E-state index >= 15 is 0 Å². The Morgan fingerprint density at radius 1 is 0.900 bits per heavy atom. The van der Waals surface area contributed by atoms with Crippen molar-refractivity contribution in [1.29, 1.82) is 0 Å². The lowest BCUT2D eigenvalue weighted by Gasteiger charge is -2.32. The molecule has 2 heterocycles. The molecule has 4 heteroatoms. The summed E-state index contributed by atoms with van der Waals surface area (Å²) >= 11 is 0. The number of hydrogen-bond donors (Lipinski definition) is 1. The average molecular weight is 404 g/mol. The van der Waals surface area contributed by atoms with E-state index in [-0.39, 0.29) is 5.92 Å². The maximum Gasteiger partial charge on any atom is 0.216 e. The summed E-state index contributed by atoms with van der Waals surface area (Å²) in [5.41, 5.74) is 2.28. The van der Waals surface area contributed by atoms with E-state index in [1.54, 1.807) is 13.3 Å². The van der Waals surface area contributed by atoms with E-state index in [4.69, 9.17) is 9.72 Å². The first-order valence-electron chi connectivity index (χ1n) is 11.2. The van der Waals surface area contributed by atoms with Crippen molar-refractivity contribution in [2.45, 2.75) is 58.4 Å². The summed E-state index contributed by atoms with van der Waals surface area (Å²) in [6, 6.07) is 13.2. The fourth-order valence-electron chi connectivity index (χ4n) is 4.87. The Kier molecular flexibility index (Phi) is 6.21. The number of nitrogens with zero attached hydrogens (tertiary/aromatic N) is 2. The highest BCUT2D eigenvalue weighted by Crippen LogP contribution is 2.37. The highest BCUT2D eigenvalue weighted by Gasteiger charge is 2.24. The Bertz CT molecular complexity index is 992. The van der Waals surface area contributed by atoms with E-state index in [0.29, 0.717) is 11.9 Å². The summed E-state index contributed by atoms with van der Waals surface area (Å²) in [6.07, 6.45) is 8.87. The Morgan fingerprint density at radius 3 is 2.33 bits per heavy atom. The molecule has 0 bridgehead atoms. The molecular weight excluding hydrogens is 370 g/mol. The number of aromatic nitrogens is 2. The zero-order chi connectivity index (χ0) is 21.1. The van der Waals surface area contributed by atoms with Gasteiger partial charge in [-0.25, -0.2) is 9.97 Å². The fourth-order valence-corrected chi connectivity index (χ4v) is 4.87. The number of rotatable bonds is 6. The van der Waals surface area contributed by atoms with E-state index in [0.717, 1.165) is 23.2 Å². The topological polar surface area (TPSA) is 47.0 Å². The molecule has 4 rings (SSSR count). The Labute approximate surface area is 180 Å². The molecule has 158 valence electrons. The minimum Gasteiger partial charge on any atom is -0.481 e. The molecule has 4 nitrogen and oxygen atoms in total. The quantitative estimate of drug-likeness (QED) is 0.516. The van der Waals surface area contributed by atoms with E-state index in [1.165, 1.54) is 42.0 Å². The lowest BCUT2D eigenvalue weighted by molar-refractivity contribution is 0.267. The van der Waals surface area contributed by atoms with Crippen molar-refractivity contribution in [1.82, 2.24) is 9.97 Å². The van der Waals surface area contributed by atoms with Gasteiger partial charge in [0, 0.05) is 35.3 Å². The van der Waals surface area contributed by atoms with E-state index in [9.17, 15) is 0 Å². The van der Waals surface area contributed by atoms with Gasteiger partial charge in [-0.2, -0.15) is 0 Å². The number of ether oxygens (including phenoxy) is 1. The molecule has 0 radical (unpaired) electrons. The fraction of sp³-hybridized carbons (Fsp3) is 0.462. The second kappa shape index (κ2) is 9.03. The molecule has 30 heavy (non-hydrogen) atoms. The van der Waals surface area contributed by atoms with Gasteiger partial charge in [0.1, 0.15) is 5.82 Å². The van der Waals surface area contributed by atoms with Gasteiger partial charge in [0.05, 0.1) is 7.11 Å². The SMILES string of the molecule is COc1ncccc1C(C)c1cnc(NC2CCC(C(C)C)CC2)c2ccccc12. The molecule has 1 aromatic carbocycles. The molecule has 1 aliphatic carbocycles. The summed E-state index contributed by atoms with van der Waals surface area (Å²) in [5, 5.41) is 6.19. The summed E-state index contributed by atoms with van der Waals surface area (Å²) in [5.74, 6) is 3.48. The van der Waals surface area contributed by atoms with E-state index in [2.05, 4.69) is 61.4 Å². The maximum absolute atomic E-state index is 5.51. The van der Waals surface area contributed by atoms with Crippen LogP contribution in [0.4, 0.5) is 5.82 Å². The van der Waals surface area contributed by atoms with Gasteiger partial charge in [0.15, 0.2) is 0 Å². The zero-order valence-corrected chi connectivity index (χ0v) is 18.6. The highest BCUT2D eigenvalue weighted by atomic mass is 16.5. The zero-order valence-electron chi connectivity index (χ0n) is 18.6. The first-order chi connectivity index (χ1) is 14.6. The Balaban J connectivity index is 1.62. The molecule has 1 atom stereocenters. The molecule has 3 aromatic rings. The molecular formula is C26H33N3O. The molecule has 1 fully saturated rings. The lowest BCUT2D eigenvalue weighted by atomic mass is 9.79. The number of anilines is 1. The number of pyridine rings is 2. The first-order valence-corrected chi connectivity index (χ1v) is 11.2. The second-order valence-electron chi connectivity index (χ2n) is 8.93. The molecule has 1 N–H and O–H groups in total. The third kappa shape index (κ3) is 4.14. The monoisotopic (exact) mass is 403 g/mol. The highest BCUT2D eigenvalue weighted by molar-refractivity contribution is 5.94. The van der Waals surface area contributed by atoms with Crippen LogP contribution < -0.4 is 10.1 Å². The number of hydrogen-bond acceptors (Lipinski definition) is 4. The summed E-state index contributed by atoms with van der Waals surface area (Å²) in [7, 11) is 1.68. The van der Waals surface area contributed by atoms with Crippen molar-refractivity contribution in [2.24, 2.45) is 11.8 Å². The lowest BCUT2D eigenvalue weighted by Crippen LogP contribution is -2.28. The predicted molar refractivity (Wildman–Crippen MR) is 124 cm³/mol. The maximum atomic E-state index is 5.51. The molecule has 1 aliphatic rings. The standard InChI is InChI=1S/C26H33N3O/c1-17(2)19-11-13-20(14-12-19)29-25-23-9-6-5-8-22(23)24(16-28-25)18(3)21-10-7-15-27-26(21)30-4/h5-10,15-20H,11-14H2,1-4H3,(H,28,29). The molecule has 1 unspecified atom stereocenters. The minimum absolute atomic E-state index is 0.140. The largest absolute Gasteiger partial charge is 0.481 e. The van der Waals surface area contributed by atoms with Crippen LogP contribution in [0.15, 0.2) is 48.8 Å². The van der Waals surface area contributed by atoms with Crippen LogP contribution in [0.3, 0.4) is 0 Å². The van der Waals surface area contributed by atoms with Gasteiger partial charge >= 0.3 is 0 Å². The normalized spacial score (nSPS) is 20.3. The molecule has 0 spiro atoms. The second-order valence-corrected chi connectivity index (χ2v) is 8.93. The number of benzene rings is 1. The van der Waals surface area contributed by atoms with Gasteiger partial charge in [0.2, 0.25) is 5.88 Å². The van der Waals surface area contributed by atoms with Crippen LogP contribution in [0.5, 0.6) is 5.88 Å². The summed E-state index contributed by atoms with van der Waals surface area (Å²) in [4.78, 5) is 9.27. The average Bonchev–Trinajstić information content (AvgIpc) is 2.79. The number of fused-ring (bicyclic) bond motifs is 1. The molecule has 2 aromatic heterocycles. The van der Waals surface area contributed by atoms with Gasteiger partial charge in [-0.3, -0.25) is 0 Å². The van der Waals surface area contributed by atoms with Crippen LogP contribution in [0.25, 0.3) is 10.8 Å². The van der Waals surface area contributed by atoms with Crippen molar-refractivity contribution in [3.05, 3.63) is 59.9 Å². The third-order valence-corrected chi connectivity index (χ3v) is 6.81. The van der Waals surface area contributed by atoms with Crippen molar-refractivity contribution in [3.8, 4) is 5.88 Å². The molecule has 0 saturated heterocycles. The van der Waals surface area contributed by atoms with Crippen LogP contribution in [-0.4, -0.2) is 23.1 Å². The first kappa shape index (κ1) is 20.6. The molecule has 0 amide bonds. The number of nitrogens with one attached hydrogen (secondary N) is 1. The smallest absolute Gasteiger partial charge is 0.216 e. The van der Waals surface area contributed by atoms with Crippen molar-refractivity contribution in [2.75, 3.05) is 12.4 Å².